The molecule has 576 valence electrons. The lowest BCUT2D eigenvalue weighted by Gasteiger charge is -2.21. The van der Waals surface area contributed by atoms with Crippen molar-refractivity contribution in [2.24, 2.45) is 17.8 Å². The molecular formula is C78H152O17P2. The first-order valence-electron chi connectivity index (χ1n) is 40.3. The van der Waals surface area contributed by atoms with Crippen LogP contribution >= 0.6 is 15.6 Å². The molecule has 0 aromatic carbocycles. The second kappa shape index (κ2) is 68.5. The molecule has 0 aromatic rings. The predicted octanol–water partition coefficient (Wildman–Crippen LogP) is 23.0. The number of esters is 4. The Balaban J connectivity index is 5.25. The van der Waals surface area contributed by atoms with Gasteiger partial charge in [-0.25, -0.2) is 9.13 Å². The van der Waals surface area contributed by atoms with Gasteiger partial charge in [0.15, 0.2) is 12.2 Å². The highest BCUT2D eigenvalue weighted by atomic mass is 31.2. The topological polar surface area (TPSA) is 237 Å². The van der Waals surface area contributed by atoms with Crippen molar-refractivity contribution in [1.29, 1.82) is 0 Å². The third-order valence-electron chi connectivity index (χ3n) is 18.1. The van der Waals surface area contributed by atoms with Gasteiger partial charge in [0.25, 0.3) is 0 Å². The highest BCUT2D eigenvalue weighted by Gasteiger charge is 2.30. The first-order chi connectivity index (χ1) is 46.7. The van der Waals surface area contributed by atoms with Crippen LogP contribution in [-0.2, 0) is 65.4 Å². The second-order valence-electron chi connectivity index (χ2n) is 29.5. The zero-order chi connectivity index (χ0) is 71.6. The van der Waals surface area contributed by atoms with Crippen LogP contribution in [-0.4, -0.2) is 96.7 Å². The van der Waals surface area contributed by atoms with E-state index in [1.54, 1.807) is 0 Å². The molecule has 0 bridgehead atoms. The van der Waals surface area contributed by atoms with E-state index >= 15 is 0 Å². The van der Waals surface area contributed by atoms with Crippen LogP contribution < -0.4 is 0 Å². The first kappa shape index (κ1) is 95.1. The molecule has 5 atom stereocenters. The Bertz CT molecular complexity index is 1890. The van der Waals surface area contributed by atoms with Gasteiger partial charge in [-0.2, -0.15) is 0 Å². The Hall–Kier alpha value is -1.94. The maximum absolute atomic E-state index is 13.1. The number of hydrogen-bond donors (Lipinski definition) is 3. The van der Waals surface area contributed by atoms with E-state index in [-0.39, 0.29) is 25.7 Å². The number of unbranched alkanes of at least 4 members (excludes halogenated alkanes) is 44. The van der Waals surface area contributed by atoms with Crippen LogP contribution in [0.4, 0.5) is 0 Å². The molecule has 0 aliphatic rings. The van der Waals surface area contributed by atoms with Crippen LogP contribution in [0, 0.1) is 17.8 Å². The van der Waals surface area contributed by atoms with E-state index in [2.05, 4.69) is 48.5 Å². The molecular weight excluding hydrogens is 1270 g/mol. The Labute approximate surface area is 594 Å². The molecule has 97 heavy (non-hydrogen) atoms. The Morgan fingerprint density at radius 2 is 0.474 bits per heavy atom. The first-order valence-corrected chi connectivity index (χ1v) is 43.3. The summed E-state index contributed by atoms with van der Waals surface area (Å²) in [5.74, 6) is 0.216. The zero-order valence-corrected chi connectivity index (χ0v) is 65.3. The summed E-state index contributed by atoms with van der Waals surface area (Å²) in [4.78, 5) is 72.9. The highest BCUT2D eigenvalue weighted by molar-refractivity contribution is 7.47. The van der Waals surface area contributed by atoms with Gasteiger partial charge in [-0.3, -0.25) is 37.3 Å². The molecule has 0 saturated carbocycles. The number of aliphatic hydroxyl groups is 1. The summed E-state index contributed by atoms with van der Waals surface area (Å²) in [5.41, 5.74) is 0. The normalized spacial score (nSPS) is 14.0. The summed E-state index contributed by atoms with van der Waals surface area (Å²) in [7, 11) is -9.91. The zero-order valence-electron chi connectivity index (χ0n) is 63.5. The maximum Gasteiger partial charge on any atom is 0.472 e. The molecule has 2 unspecified atom stereocenters. The molecule has 0 aliphatic heterocycles. The lowest BCUT2D eigenvalue weighted by atomic mass is 10.0. The van der Waals surface area contributed by atoms with Crippen molar-refractivity contribution in [3.8, 4) is 0 Å². The van der Waals surface area contributed by atoms with Gasteiger partial charge in [0.05, 0.1) is 26.4 Å². The quantitative estimate of drug-likeness (QED) is 0.0222. The number of carbonyl (C=O) groups is 4. The van der Waals surface area contributed by atoms with Gasteiger partial charge in [0.2, 0.25) is 0 Å². The van der Waals surface area contributed by atoms with Crippen LogP contribution in [0.5, 0.6) is 0 Å². The highest BCUT2D eigenvalue weighted by Crippen LogP contribution is 2.45. The number of hydrogen-bond acceptors (Lipinski definition) is 15. The van der Waals surface area contributed by atoms with E-state index in [9.17, 15) is 43.2 Å². The third kappa shape index (κ3) is 72.2. The summed E-state index contributed by atoms with van der Waals surface area (Å²) >= 11 is 0. The largest absolute Gasteiger partial charge is 0.472 e. The number of rotatable bonds is 76. The van der Waals surface area contributed by atoms with Crippen LogP contribution in [0.15, 0.2) is 0 Å². The fraction of sp³-hybridized carbons (Fsp3) is 0.949. The van der Waals surface area contributed by atoms with E-state index < -0.39 is 97.5 Å². The molecule has 0 heterocycles. The van der Waals surface area contributed by atoms with Gasteiger partial charge in [0.1, 0.15) is 19.3 Å². The van der Waals surface area contributed by atoms with Crippen molar-refractivity contribution in [3.63, 3.8) is 0 Å². The minimum Gasteiger partial charge on any atom is -0.462 e. The summed E-state index contributed by atoms with van der Waals surface area (Å²) in [5, 5.41) is 10.6. The standard InChI is InChI=1S/C78H152O17P2/c1-8-9-10-11-12-13-22-31-38-45-52-59-75(80)88-66-74(95-78(83)62-55-48-41-34-27-30-37-44-51-58-71(6)7)68-93-97(86,87)91-64-72(79)63-90-96(84,85)92-67-73(65-89-76(81)60-53-46-39-32-25-21-17-19-24-29-36-43-50-57-70(4)5)94-77(82)61-54-47-40-33-26-20-16-14-15-18-23-28-35-42-49-56-69(2)3/h69-74,79H,8-68H2,1-7H3,(H,84,85)(H,86,87)/t72-,73-,74-/m1/s1. The van der Waals surface area contributed by atoms with Gasteiger partial charge < -0.3 is 33.8 Å². The van der Waals surface area contributed by atoms with Crippen LogP contribution in [0.2, 0.25) is 0 Å². The van der Waals surface area contributed by atoms with Gasteiger partial charge >= 0.3 is 39.5 Å². The molecule has 17 nitrogen and oxygen atoms in total. The van der Waals surface area contributed by atoms with Gasteiger partial charge in [-0.15, -0.1) is 0 Å². The second-order valence-corrected chi connectivity index (χ2v) is 32.4. The molecule has 0 radical (unpaired) electrons. The van der Waals surface area contributed by atoms with Crippen molar-refractivity contribution >= 4 is 39.5 Å². The minimum absolute atomic E-state index is 0.105. The van der Waals surface area contributed by atoms with Crippen molar-refractivity contribution in [2.45, 2.75) is 420 Å². The number of aliphatic hydroxyl groups excluding tert-OH is 1. The molecule has 0 aromatic heterocycles. The van der Waals surface area contributed by atoms with Crippen molar-refractivity contribution in [2.75, 3.05) is 39.6 Å². The summed E-state index contributed by atoms with van der Waals surface area (Å²) in [6, 6.07) is 0. The average molecular weight is 1420 g/mol. The minimum atomic E-state index is -4.96. The number of ether oxygens (including phenoxy) is 4. The molecule has 0 amide bonds. The van der Waals surface area contributed by atoms with Crippen molar-refractivity contribution in [3.05, 3.63) is 0 Å². The summed E-state index contributed by atoms with van der Waals surface area (Å²) in [6.07, 6.45) is 55.4. The van der Waals surface area contributed by atoms with Crippen LogP contribution in [0.1, 0.15) is 402 Å². The Morgan fingerprint density at radius 1 is 0.278 bits per heavy atom. The average Bonchev–Trinajstić information content (AvgIpc) is 1.20. The van der Waals surface area contributed by atoms with E-state index in [0.717, 1.165) is 108 Å². The van der Waals surface area contributed by atoms with E-state index in [0.29, 0.717) is 25.7 Å². The number of phosphoric acid groups is 2. The molecule has 0 saturated heterocycles. The Morgan fingerprint density at radius 3 is 0.701 bits per heavy atom. The molecule has 0 aliphatic carbocycles. The van der Waals surface area contributed by atoms with Gasteiger partial charge in [-0.05, 0) is 43.4 Å². The van der Waals surface area contributed by atoms with Gasteiger partial charge in [-0.1, -0.05) is 350 Å². The maximum atomic E-state index is 13.1. The smallest absolute Gasteiger partial charge is 0.462 e. The fourth-order valence-electron chi connectivity index (χ4n) is 12.0. The monoisotopic (exact) mass is 1420 g/mol. The van der Waals surface area contributed by atoms with E-state index in [1.165, 1.54) is 212 Å². The number of carbonyl (C=O) groups excluding carboxylic acids is 4. The molecule has 0 rings (SSSR count). The number of phosphoric ester groups is 2. The molecule has 0 spiro atoms. The van der Waals surface area contributed by atoms with E-state index in [4.69, 9.17) is 37.0 Å². The summed E-state index contributed by atoms with van der Waals surface area (Å²) < 4.78 is 68.6. The predicted molar refractivity (Wildman–Crippen MR) is 395 cm³/mol. The lowest BCUT2D eigenvalue weighted by Crippen LogP contribution is -2.30. The Kier molecular flexibility index (Phi) is 67.1. The lowest BCUT2D eigenvalue weighted by molar-refractivity contribution is -0.161. The van der Waals surface area contributed by atoms with Crippen molar-refractivity contribution < 1.29 is 80.2 Å². The van der Waals surface area contributed by atoms with Crippen LogP contribution in [0.25, 0.3) is 0 Å². The molecule has 3 N–H and O–H groups in total. The fourth-order valence-corrected chi connectivity index (χ4v) is 13.5. The van der Waals surface area contributed by atoms with Crippen LogP contribution in [0.3, 0.4) is 0 Å². The SMILES string of the molecule is CCCCCCCCCCCCCC(=O)OC[C@H](COP(=O)(O)OC[C@H](O)COP(=O)(O)OC[C@@H](COC(=O)CCCCCCCCCCCCCCCC(C)C)OC(=O)CCCCCCCCCCCCCCCCCC(C)C)OC(=O)CCCCCCCCCCCC(C)C. The molecule has 19 heteroatoms. The summed E-state index contributed by atoms with van der Waals surface area (Å²) in [6.45, 7) is 11.9. The van der Waals surface area contributed by atoms with E-state index in [1.807, 2.05) is 0 Å². The molecule has 0 fully saturated rings. The van der Waals surface area contributed by atoms with Gasteiger partial charge in [0, 0.05) is 25.7 Å². The third-order valence-corrected chi connectivity index (χ3v) is 20.0. The van der Waals surface area contributed by atoms with Crippen molar-refractivity contribution in [1.82, 2.24) is 0 Å².